The average molecular weight is 529 g/mol. The summed E-state index contributed by atoms with van der Waals surface area (Å²) in [6, 6.07) is 24.2. The summed E-state index contributed by atoms with van der Waals surface area (Å²) in [4.78, 5) is 29.5. The molecule has 0 unspecified atom stereocenters. The number of benzene rings is 3. The molecular formula is C29H28N4O4S. The monoisotopic (exact) mass is 528 g/mol. The predicted octanol–water partition coefficient (Wildman–Crippen LogP) is 4.92. The number of rotatable bonds is 6. The van der Waals surface area contributed by atoms with Crippen LogP contribution in [0.5, 0.6) is 5.75 Å². The summed E-state index contributed by atoms with van der Waals surface area (Å²) in [5.41, 5.74) is 3.03. The molecule has 0 aliphatic carbocycles. The largest absolute Gasteiger partial charge is 0.494 e. The molecule has 1 saturated heterocycles. The molecule has 5 rings (SSSR count). The quantitative estimate of drug-likeness (QED) is 0.344. The van der Waals surface area contributed by atoms with E-state index in [0.29, 0.717) is 36.8 Å². The fourth-order valence-electron chi connectivity index (χ4n) is 4.37. The Morgan fingerprint density at radius 2 is 1.66 bits per heavy atom. The second-order valence-electron chi connectivity index (χ2n) is 8.84. The van der Waals surface area contributed by atoms with Crippen molar-refractivity contribution in [3.05, 3.63) is 90.2 Å². The average Bonchev–Trinajstić information content (AvgIpc) is 3.38. The number of fused-ring (bicyclic) bond motifs is 1. The second kappa shape index (κ2) is 11.4. The van der Waals surface area contributed by atoms with E-state index < -0.39 is 0 Å². The summed E-state index contributed by atoms with van der Waals surface area (Å²) in [6.07, 6.45) is 0. The minimum absolute atomic E-state index is 0.0822. The molecule has 0 atom stereocenters. The molecule has 0 radical (unpaired) electrons. The van der Waals surface area contributed by atoms with Crippen LogP contribution >= 0.6 is 12.2 Å². The number of piperazine rings is 1. The van der Waals surface area contributed by atoms with Crippen molar-refractivity contribution in [3.63, 3.8) is 0 Å². The number of carbonyl (C=O) groups excluding carboxylic acids is 2. The first-order valence-corrected chi connectivity index (χ1v) is 12.9. The molecule has 3 aromatic carbocycles. The van der Waals surface area contributed by atoms with Crippen LogP contribution in [0.4, 0.5) is 11.4 Å². The van der Waals surface area contributed by atoms with E-state index in [0.717, 1.165) is 35.4 Å². The van der Waals surface area contributed by atoms with Crippen LogP contribution in [-0.4, -0.2) is 54.6 Å². The zero-order valence-corrected chi connectivity index (χ0v) is 21.8. The highest BCUT2D eigenvalue weighted by Gasteiger charge is 2.24. The summed E-state index contributed by atoms with van der Waals surface area (Å²) in [5, 5.41) is 6.89. The van der Waals surface area contributed by atoms with Gasteiger partial charge in [0.1, 0.15) is 11.3 Å². The number of thiocarbonyl (C=S) groups is 1. The summed E-state index contributed by atoms with van der Waals surface area (Å²) in [5.74, 6) is 0.711. The maximum Gasteiger partial charge on any atom is 0.289 e. The Hall–Kier alpha value is -4.37. The molecule has 8 nitrogen and oxygen atoms in total. The van der Waals surface area contributed by atoms with Crippen LogP contribution in [0.3, 0.4) is 0 Å². The van der Waals surface area contributed by atoms with Gasteiger partial charge in [0.25, 0.3) is 11.8 Å². The topological polar surface area (TPSA) is 87.0 Å². The van der Waals surface area contributed by atoms with Crippen LogP contribution in [0.25, 0.3) is 11.0 Å². The van der Waals surface area contributed by atoms with E-state index in [1.165, 1.54) is 0 Å². The number of amides is 2. The van der Waals surface area contributed by atoms with Crippen molar-refractivity contribution in [2.24, 2.45) is 0 Å². The molecule has 194 valence electrons. The lowest BCUT2D eigenvalue weighted by Gasteiger charge is -2.35. The first-order valence-electron chi connectivity index (χ1n) is 12.5. The molecule has 2 heterocycles. The number of hydrogen-bond acceptors (Lipinski definition) is 6. The molecule has 38 heavy (non-hydrogen) atoms. The Kier molecular flexibility index (Phi) is 7.55. The lowest BCUT2D eigenvalue weighted by molar-refractivity contribution is 0.0717. The van der Waals surface area contributed by atoms with Gasteiger partial charge >= 0.3 is 0 Å². The second-order valence-corrected chi connectivity index (χ2v) is 9.25. The normalized spacial score (nSPS) is 13.3. The molecule has 0 saturated carbocycles. The number of carbonyl (C=O) groups is 2. The zero-order chi connectivity index (χ0) is 26.5. The summed E-state index contributed by atoms with van der Waals surface area (Å²) in [6.45, 7) is 5.13. The Bertz CT molecular complexity index is 1410. The molecule has 0 bridgehead atoms. The summed E-state index contributed by atoms with van der Waals surface area (Å²) >= 11 is 5.31. The Morgan fingerprint density at radius 1 is 0.947 bits per heavy atom. The molecule has 2 N–H and O–H groups in total. The third-order valence-electron chi connectivity index (χ3n) is 6.35. The van der Waals surface area contributed by atoms with E-state index >= 15 is 0 Å². The lowest BCUT2D eigenvalue weighted by Crippen LogP contribution is -2.48. The van der Waals surface area contributed by atoms with Gasteiger partial charge in [0.05, 0.1) is 6.61 Å². The maximum absolute atomic E-state index is 12.9. The van der Waals surface area contributed by atoms with Gasteiger partial charge < -0.3 is 24.3 Å². The van der Waals surface area contributed by atoms with Gasteiger partial charge in [-0.05, 0) is 79.8 Å². The third-order valence-corrected chi connectivity index (χ3v) is 6.55. The van der Waals surface area contributed by atoms with Crippen LogP contribution in [0, 0.1) is 0 Å². The van der Waals surface area contributed by atoms with Crippen molar-refractivity contribution in [3.8, 4) is 5.75 Å². The van der Waals surface area contributed by atoms with Gasteiger partial charge in [0, 0.05) is 48.5 Å². The van der Waals surface area contributed by atoms with Crippen LogP contribution in [0.1, 0.15) is 27.8 Å². The van der Waals surface area contributed by atoms with E-state index in [-0.39, 0.29) is 16.9 Å². The first kappa shape index (κ1) is 25.3. The number of nitrogens with one attached hydrogen (secondary N) is 2. The number of furan rings is 1. The minimum atomic E-state index is -0.294. The molecule has 9 heteroatoms. The van der Waals surface area contributed by atoms with E-state index in [2.05, 4.69) is 15.5 Å². The number of ether oxygens (including phenoxy) is 1. The van der Waals surface area contributed by atoms with Crippen LogP contribution < -0.4 is 20.3 Å². The smallest absolute Gasteiger partial charge is 0.289 e. The lowest BCUT2D eigenvalue weighted by atomic mass is 10.2. The van der Waals surface area contributed by atoms with Crippen LogP contribution in [0.2, 0.25) is 0 Å². The van der Waals surface area contributed by atoms with Gasteiger partial charge in [-0.25, -0.2) is 0 Å². The Balaban J connectivity index is 1.11. The maximum atomic E-state index is 12.9. The number of anilines is 2. The fraction of sp³-hybridized carbons (Fsp3) is 0.207. The molecule has 0 spiro atoms. The van der Waals surface area contributed by atoms with Gasteiger partial charge in [-0.2, -0.15) is 0 Å². The summed E-state index contributed by atoms with van der Waals surface area (Å²) in [7, 11) is 0. The van der Waals surface area contributed by atoms with Crippen molar-refractivity contribution in [1.82, 2.24) is 10.2 Å². The molecule has 1 aliphatic rings. The third kappa shape index (κ3) is 5.78. The highest BCUT2D eigenvalue weighted by atomic mass is 32.1. The highest BCUT2D eigenvalue weighted by molar-refractivity contribution is 7.80. The molecule has 2 amide bonds. The number of nitrogens with zero attached hydrogens (tertiary/aromatic N) is 2. The van der Waals surface area contributed by atoms with E-state index in [9.17, 15) is 9.59 Å². The van der Waals surface area contributed by atoms with Crippen molar-refractivity contribution in [2.75, 3.05) is 43.0 Å². The fourth-order valence-corrected chi connectivity index (χ4v) is 4.58. The number of hydrogen-bond donors (Lipinski definition) is 2. The van der Waals surface area contributed by atoms with E-state index in [1.807, 2.05) is 60.4 Å². The first-order chi connectivity index (χ1) is 18.5. The zero-order valence-electron chi connectivity index (χ0n) is 21.0. The van der Waals surface area contributed by atoms with Crippen molar-refractivity contribution in [1.29, 1.82) is 0 Å². The minimum Gasteiger partial charge on any atom is -0.494 e. The van der Waals surface area contributed by atoms with E-state index in [1.54, 1.807) is 30.3 Å². The molecule has 4 aromatic rings. The van der Waals surface area contributed by atoms with Gasteiger partial charge in [-0.15, -0.1) is 0 Å². The Labute approximate surface area is 226 Å². The highest BCUT2D eigenvalue weighted by Crippen LogP contribution is 2.23. The molecule has 1 aromatic heterocycles. The van der Waals surface area contributed by atoms with Crippen LogP contribution in [0.15, 0.2) is 83.3 Å². The molecule has 1 fully saturated rings. The molecule has 1 aliphatic heterocycles. The Morgan fingerprint density at radius 3 is 2.34 bits per heavy atom. The summed E-state index contributed by atoms with van der Waals surface area (Å²) < 4.78 is 11.2. The van der Waals surface area contributed by atoms with E-state index in [4.69, 9.17) is 21.4 Å². The van der Waals surface area contributed by atoms with Gasteiger partial charge in [0.2, 0.25) is 0 Å². The standard InChI is InChI=1S/C29H28N4O4S/c1-2-36-24-13-7-20(8-14-24)27(34)31-29(38)30-22-9-11-23(12-10-22)32-15-17-33(18-16-32)28(35)26-19-21-5-3-4-6-25(21)37-26/h3-14,19H,2,15-18H2,1H3,(H2,30,31,34,38). The van der Waals surface area contributed by atoms with Crippen molar-refractivity contribution < 1.29 is 18.7 Å². The van der Waals surface area contributed by atoms with Gasteiger partial charge in [-0.1, -0.05) is 18.2 Å². The van der Waals surface area contributed by atoms with Crippen molar-refractivity contribution in [2.45, 2.75) is 6.92 Å². The van der Waals surface area contributed by atoms with Crippen molar-refractivity contribution >= 4 is 51.5 Å². The number of para-hydroxylation sites is 1. The van der Waals surface area contributed by atoms with Gasteiger partial charge in [0.15, 0.2) is 10.9 Å². The van der Waals surface area contributed by atoms with Gasteiger partial charge in [-0.3, -0.25) is 14.9 Å². The SMILES string of the molecule is CCOc1ccc(C(=O)NC(=S)Nc2ccc(N3CCN(C(=O)c4cc5ccccc5o4)CC3)cc2)cc1. The molecular weight excluding hydrogens is 500 g/mol. The predicted molar refractivity (Wildman–Crippen MR) is 152 cm³/mol. The van der Waals surface area contributed by atoms with Crippen LogP contribution in [-0.2, 0) is 0 Å².